The van der Waals surface area contributed by atoms with E-state index >= 15 is 0 Å². The van der Waals surface area contributed by atoms with Crippen molar-refractivity contribution in [3.63, 3.8) is 0 Å². The maximum absolute atomic E-state index is 8.46. The third kappa shape index (κ3) is 5.33. The van der Waals surface area contributed by atoms with E-state index in [1.807, 2.05) is 36.4 Å². The number of alkyl halides is 2. The Morgan fingerprint density at radius 3 is 1.85 bits per heavy atom. The number of hydrogen-bond acceptors (Lipinski definition) is 2. The molecule has 20 heavy (non-hydrogen) atoms. The smallest absolute Gasteiger partial charge is 0.0991 e. The van der Waals surface area contributed by atoms with Crippen LogP contribution in [0.25, 0.3) is 0 Å². The molecule has 0 aliphatic heterocycles. The summed E-state index contributed by atoms with van der Waals surface area (Å²) in [5, 5.41) is 16.9. The molecule has 2 nitrogen and oxygen atoms in total. The zero-order valence-electron chi connectivity index (χ0n) is 10.7. The normalized spacial score (nSPS) is 8.80. The van der Waals surface area contributed by atoms with Crippen LogP contribution >= 0.6 is 23.2 Å². The van der Waals surface area contributed by atoms with Gasteiger partial charge in [0, 0.05) is 11.8 Å². The standard InChI is InChI=1S/2C8H6ClN/c9-5-7-1-3-8(6-10)4-2-7;9-5-7-2-1-3-8(4-7)6-10/h2*1-4H,5H2. The first-order chi connectivity index (χ1) is 9.73. The van der Waals surface area contributed by atoms with Gasteiger partial charge in [-0.25, -0.2) is 0 Å². The molecule has 0 bridgehead atoms. The first kappa shape index (κ1) is 16.1. The minimum absolute atomic E-state index is 0.468. The van der Waals surface area contributed by atoms with Crippen molar-refractivity contribution >= 4 is 23.2 Å². The number of nitriles is 2. The van der Waals surface area contributed by atoms with Gasteiger partial charge in [-0.3, -0.25) is 0 Å². The Morgan fingerprint density at radius 2 is 1.35 bits per heavy atom. The Kier molecular flexibility index (Phi) is 7.22. The fourth-order valence-corrected chi connectivity index (χ4v) is 1.74. The molecule has 100 valence electrons. The van der Waals surface area contributed by atoms with Gasteiger partial charge in [0.2, 0.25) is 0 Å². The van der Waals surface area contributed by atoms with E-state index < -0.39 is 0 Å². The lowest BCUT2D eigenvalue weighted by molar-refractivity contribution is 1.38. The minimum Gasteiger partial charge on any atom is -0.192 e. The van der Waals surface area contributed by atoms with Crippen molar-refractivity contribution in [2.75, 3.05) is 0 Å². The maximum Gasteiger partial charge on any atom is 0.0991 e. The van der Waals surface area contributed by atoms with Gasteiger partial charge in [-0.2, -0.15) is 10.5 Å². The first-order valence-electron chi connectivity index (χ1n) is 5.83. The highest BCUT2D eigenvalue weighted by molar-refractivity contribution is 6.17. The van der Waals surface area contributed by atoms with Crippen molar-refractivity contribution in [3.05, 3.63) is 70.8 Å². The predicted octanol–water partition coefficient (Wildman–Crippen LogP) is 4.59. The highest BCUT2D eigenvalue weighted by Gasteiger charge is 1.91. The maximum atomic E-state index is 8.46. The molecule has 2 aromatic rings. The molecule has 0 radical (unpaired) electrons. The summed E-state index contributed by atoms with van der Waals surface area (Å²) in [5.74, 6) is 0.973. The lowest BCUT2D eigenvalue weighted by Gasteiger charge is -1.92. The number of nitrogens with zero attached hydrogens (tertiary/aromatic N) is 2. The summed E-state index contributed by atoms with van der Waals surface area (Å²) >= 11 is 11.1. The third-order valence-corrected chi connectivity index (χ3v) is 3.06. The summed E-state index contributed by atoms with van der Waals surface area (Å²) < 4.78 is 0. The van der Waals surface area contributed by atoms with Crippen molar-refractivity contribution < 1.29 is 0 Å². The van der Waals surface area contributed by atoms with Crippen molar-refractivity contribution in [2.45, 2.75) is 11.8 Å². The van der Waals surface area contributed by atoms with Crippen LogP contribution in [0.2, 0.25) is 0 Å². The topological polar surface area (TPSA) is 47.6 Å². The van der Waals surface area contributed by atoms with Crippen molar-refractivity contribution in [3.8, 4) is 12.1 Å². The summed E-state index contributed by atoms with van der Waals surface area (Å²) in [4.78, 5) is 0. The highest BCUT2D eigenvalue weighted by atomic mass is 35.5. The van der Waals surface area contributed by atoms with Gasteiger partial charge in [0.15, 0.2) is 0 Å². The molecule has 0 atom stereocenters. The summed E-state index contributed by atoms with van der Waals surface area (Å²) in [6, 6.07) is 18.6. The van der Waals surface area contributed by atoms with Crippen LogP contribution < -0.4 is 0 Å². The Balaban J connectivity index is 0.000000200. The van der Waals surface area contributed by atoms with Crippen LogP contribution in [0.4, 0.5) is 0 Å². The molecule has 0 aliphatic carbocycles. The van der Waals surface area contributed by atoms with Crippen molar-refractivity contribution in [2.24, 2.45) is 0 Å². The second-order valence-electron chi connectivity index (χ2n) is 3.89. The largest absolute Gasteiger partial charge is 0.192 e. The number of hydrogen-bond donors (Lipinski definition) is 0. The number of halogens is 2. The monoisotopic (exact) mass is 302 g/mol. The molecule has 2 rings (SSSR count). The highest BCUT2D eigenvalue weighted by Crippen LogP contribution is 2.06. The van der Waals surface area contributed by atoms with Crippen LogP contribution in [0.3, 0.4) is 0 Å². The molecule has 0 fully saturated rings. The van der Waals surface area contributed by atoms with Gasteiger partial charge in [-0.05, 0) is 35.4 Å². The van der Waals surface area contributed by atoms with Crippen molar-refractivity contribution in [1.29, 1.82) is 10.5 Å². The number of benzene rings is 2. The third-order valence-electron chi connectivity index (χ3n) is 2.45. The fourth-order valence-electron chi connectivity index (χ4n) is 1.39. The molecule has 0 unspecified atom stereocenters. The number of rotatable bonds is 2. The predicted molar refractivity (Wildman–Crippen MR) is 81.4 cm³/mol. The average Bonchev–Trinajstić information content (AvgIpc) is 2.55. The van der Waals surface area contributed by atoms with Crippen LogP contribution in [0, 0.1) is 22.7 Å². The molecule has 2 aromatic carbocycles. The van der Waals surface area contributed by atoms with Gasteiger partial charge in [0.05, 0.1) is 23.3 Å². The van der Waals surface area contributed by atoms with Crippen LogP contribution in [-0.2, 0) is 11.8 Å². The van der Waals surface area contributed by atoms with Gasteiger partial charge >= 0.3 is 0 Å². The lowest BCUT2D eigenvalue weighted by Crippen LogP contribution is -1.78. The molecule has 4 heteroatoms. The van der Waals surface area contributed by atoms with Gasteiger partial charge < -0.3 is 0 Å². The SMILES string of the molecule is N#Cc1ccc(CCl)cc1.N#Cc1cccc(CCl)c1. The Bertz CT molecular complexity index is 622. The van der Waals surface area contributed by atoms with Crippen LogP contribution in [-0.4, -0.2) is 0 Å². The van der Waals surface area contributed by atoms with E-state index in [1.54, 1.807) is 24.3 Å². The fraction of sp³-hybridized carbons (Fsp3) is 0.125. The van der Waals surface area contributed by atoms with Gasteiger partial charge in [0.25, 0.3) is 0 Å². The van der Waals surface area contributed by atoms with Crippen LogP contribution in [0.5, 0.6) is 0 Å². The summed E-state index contributed by atoms with van der Waals surface area (Å²) in [5.41, 5.74) is 3.37. The quantitative estimate of drug-likeness (QED) is 0.761. The Hall–Kier alpha value is -2.00. The van der Waals surface area contributed by atoms with E-state index in [1.165, 1.54) is 0 Å². The zero-order chi connectivity index (χ0) is 14.8. The molecule has 0 aliphatic rings. The summed E-state index contributed by atoms with van der Waals surface area (Å²) in [6.45, 7) is 0. The lowest BCUT2D eigenvalue weighted by atomic mass is 10.2. The summed E-state index contributed by atoms with van der Waals surface area (Å²) in [6.07, 6.45) is 0. The minimum atomic E-state index is 0.468. The molecular weight excluding hydrogens is 291 g/mol. The Morgan fingerprint density at radius 1 is 0.750 bits per heavy atom. The molecule has 0 heterocycles. The molecule has 0 saturated carbocycles. The molecule has 0 aromatic heterocycles. The zero-order valence-corrected chi connectivity index (χ0v) is 12.2. The van der Waals surface area contributed by atoms with Crippen LogP contribution in [0.15, 0.2) is 48.5 Å². The van der Waals surface area contributed by atoms with Crippen molar-refractivity contribution in [1.82, 2.24) is 0 Å². The second kappa shape index (κ2) is 8.99. The molecule has 0 amide bonds. The van der Waals surface area contributed by atoms with Gasteiger partial charge in [-0.15, -0.1) is 23.2 Å². The van der Waals surface area contributed by atoms with Gasteiger partial charge in [0.1, 0.15) is 0 Å². The average molecular weight is 303 g/mol. The van der Waals surface area contributed by atoms with E-state index in [-0.39, 0.29) is 0 Å². The van der Waals surface area contributed by atoms with E-state index in [2.05, 4.69) is 0 Å². The van der Waals surface area contributed by atoms with Gasteiger partial charge in [-0.1, -0.05) is 24.3 Å². The van der Waals surface area contributed by atoms with E-state index in [9.17, 15) is 0 Å². The van der Waals surface area contributed by atoms with Crippen LogP contribution in [0.1, 0.15) is 22.3 Å². The molecule has 0 saturated heterocycles. The summed E-state index contributed by atoms with van der Waals surface area (Å²) in [7, 11) is 0. The molecular formula is C16H12Cl2N2. The Labute approximate surface area is 128 Å². The second-order valence-corrected chi connectivity index (χ2v) is 4.42. The first-order valence-corrected chi connectivity index (χ1v) is 6.90. The van der Waals surface area contributed by atoms with E-state index in [0.29, 0.717) is 22.9 Å². The molecule has 0 N–H and O–H groups in total. The van der Waals surface area contributed by atoms with E-state index in [0.717, 1.165) is 11.1 Å². The molecule has 0 spiro atoms. The van der Waals surface area contributed by atoms with E-state index in [4.69, 9.17) is 33.7 Å².